The fourth-order valence-electron chi connectivity index (χ4n) is 4.88. The summed E-state index contributed by atoms with van der Waals surface area (Å²) in [4.78, 5) is 12.9. The van der Waals surface area contributed by atoms with Gasteiger partial charge in [-0.3, -0.25) is 4.79 Å². The molecule has 0 saturated heterocycles. The third-order valence-corrected chi connectivity index (χ3v) is 6.65. The Balaban J connectivity index is 1.80. The summed E-state index contributed by atoms with van der Waals surface area (Å²) in [5, 5.41) is 0. The van der Waals surface area contributed by atoms with Gasteiger partial charge in [0.25, 0.3) is 0 Å². The van der Waals surface area contributed by atoms with Crippen LogP contribution in [0.25, 0.3) is 11.1 Å². The molecular weight excluding hydrogens is 328 g/mol. The minimum absolute atomic E-state index is 0.0165. The van der Waals surface area contributed by atoms with Gasteiger partial charge in [-0.15, -0.1) is 0 Å². The average Bonchev–Trinajstić information content (AvgIpc) is 2.88. The van der Waals surface area contributed by atoms with Crippen molar-refractivity contribution in [2.24, 2.45) is 0 Å². The summed E-state index contributed by atoms with van der Waals surface area (Å²) in [6.45, 7) is 11.2. The molecule has 1 heteroatoms. The molecule has 1 nitrogen and oxygen atoms in total. The molecule has 4 rings (SSSR count). The number of allylic oxidation sites excluding steroid dienone is 2. The van der Waals surface area contributed by atoms with Gasteiger partial charge in [0, 0.05) is 11.3 Å². The number of rotatable bonds is 3. The lowest BCUT2D eigenvalue weighted by Crippen LogP contribution is -2.20. The molecule has 2 aliphatic carbocycles. The first-order valence-electron chi connectivity index (χ1n) is 10.4. The Morgan fingerprint density at radius 3 is 2.52 bits per heavy atom. The highest BCUT2D eigenvalue weighted by Crippen LogP contribution is 2.50. The standard InChI is InChI=1S/C26H30O/c1-6-17-8-7-9-20(25(17)27)19-10-12-21-22-14-18(16(2)3)11-13-23(22)26(4,5)24(21)15-19/h8,10-16,20H,6-7,9H2,1-5H3. The number of Topliss-reactive ketones (excluding diaryl/α,β-unsaturated/α-hetero) is 1. The Kier molecular flexibility index (Phi) is 4.37. The van der Waals surface area contributed by atoms with Gasteiger partial charge in [-0.2, -0.15) is 0 Å². The Morgan fingerprint density at radius 1 is 1.04 bits per heavy atom. The van der Waals surface area contributed by atoms with Crippen molar-refractivity contribution in [2.45, 2.75) is 71.1 Å². The number of carbonyl (C=O) groups is 1. The molecule has 0 bridgehead atoms. The summed E-state index contributed by atoms with van der Waals surface area (Å²) >= 11 is 0. The molecule has 0 aromatic heterocycles. The van der Waals surface area contributed by atoms with Crippen molar-refractivity contribution in [1.29, 1.82) is 0 Å². The van der Waals surface area contributed by atoms with Crippen LogP contribution in [-0.4, -0.2) is 5.78 Å². The summed E-state index contributed by atoms with van der Waals surface area (Å²) in [7, 11) is 0. The fourth-order valence-corrected chi connectivity index (χ4v) is 4.88. The molecule has 0 amide bonds. The number of benzene rings is 2. The molecule has 2 aromatic rings. The second-order valence-electron chi connectivity index (χ2n) is 8.97. The molecular formula is C26H30O. The predicted molar refractivity (Wildman–Crippen MR) is 113 cm³/mol. The van der Waals surface area contributed by atoms with E-state index in [1.54, 1.807) is 0 Å². The Bertz CT molecular complexity index is 943. The number of fused-ring (bicyclic) bond motifs is 3. The fraction of sp³-hybridized carbons (Fsp3) is 0.423. The van der Waals surface area contributed by atoms with Crippen LogP contribution in [0.3, 0.4) is 0 Å². The zero-order valence-electron chi connectivity index (χ0n) is 17.2. The topological polar surface area (TPSA) is 17.1 Å². The van der Waals surface area contributed by atoms with Crippen LogP contribution in [0.2, 0.25) is 0 Å². The van der Waals surface area contributed by atoms with Crippen molar-refractivity contribution in [2.75, 3.05) is 0 Å². The smallest absolute Gasteiger partial charge is 0.165 e. The van der Waals surface area contributed by atoms with Crippen molar-refractivity contribution in [1.82, 2.24) is 0 Å². The molecule has 2 aliphatic rings. The third-order valence-electron chi connectivity index (χ3n) is 6.65. The van der Waals surface area contributed by atoms with Crippen LogP contribution in [0.15, 0.2) is 48.0 Å². The number of hydrogen-bond donors (Lipinski definition) is 0. The van der Waals surface area contributed by atoms with Crippen LogP contribution in [0, 0.1) is 0 Å². The monoisotopic (exact) mass is 358 g/mol. The maximum Gasteiger partial charge on any atom is 0.165 e. The molecule has 0 aliphatic heterocycles. The van der Waals surface area contributed by atoms with Crippen molar-refractivity contribution in [3.63, 3.8) is 0 Å². The molecule has 140 valence electrons. The van der Waals surface area contributed by atoms with Crippen LogP contribution >= 0.6 is 0 Å². The van der Waals surface area contributed by atoms with Gasteiger partial charge >= 0.3 is 0 Å². The van der Waals surface area contributed by atoms with Crippen LogP contribution in [0.4, 0.5) is 0 Å². The molecule has 27 heavy (non-hydrogen) atoms. The largest absolute Gasteiger partial charge is 0.294 e. The molecule has 1 unspecified atom stereocenters. The van der Waals surface area contributed by atoms with Gasteiger partial charge in [-0.25, -0.2) is 0 Å². The molecule has 0 fully saturated rings. The first kappa shape index (κ1) is 18.2. The number of carbonyl (C=O) groups excluding carboxylic acids is 1. The van der Waals surface area contributed by atoms with Gasteiger partial charge in [-0.05, 0) is 64.1 Å². The Labute approximate surface area is 163 Å². The van der Waals surface area contributed by atoms with E-state index in [9.17, 15) is 4.79 Å². The van der Waals surface area contributed by atoms with Gasteiger partial charge in [-0.1, -0.05) is 77.1 Å². The minimum Gasteiger partial charge on any atom is -0.294 e. The highest BCUT2D eigenvalue weighted by atomic mass is 16.1. The van der Waals surface area contributed by atoms with Crippen molar-refractivity contribution in [3.05, 3.63) is 70.3 Å². The summed E-state index contributed by atoms with van der Waals surface area (Å²) in [5.41, 5.74) is 9.07. The minimum atomic E-state index is -0.0165. The SMILES string of the molecule is CCC1=CCCC(c2ccc3c(c2)C(C)(C)c2ccc(C(C)C)cc2-3)C1=O. The van der Waals surface area contributed by atoms with Gasteiger partial charge in [0.1, 0.15) is 0 Å². The molecule has 0 saturated carbocycles. The van der Waals surface area contributed by atoms with E-state index in [0.717, 1.165) is 24.8 Å². The Hall–Kier alpha value is -2.15. The van der Waals surface area contributed by atoms with Gasteiger partial charge in [0.2, 0.25) is 0 Å². The van der Waals surface area contributed by atoms with Crippen LogP contribution in [0.1, 0.15) is 88.0 Å². The van der Waals surface area contributed by atoms with Gasteiger partial charge < -0.3 is 0 Å². The van der Waals surface area contributed by atoms with E-state index >= 15 is 0 Å². The second kappa shape index (κ2) is 6.48. The summed E-state index contributed by atoms with van der Waals surface area (Å²) < 4.78 is 0. The quantitative estimate of drug-likeness (QED) is 0.583. The van der Waals surface area contributed by atoms with E-state index < -0.39 is 0 Å². The van der Waals surface area contributed by atoms with E-state index in [-0.39, 0.29) is 11.3 Å². The maximum atomic E-state index is 12.9. The van der Waals surface area contributed by atoms with Crippen LogP contribution in [0.5, 0.6) is 0 Å². The third kappa shape index (κ3) is 2.79. The summed E-state index contributed by atoms with van der Waals surface area (Å²) in [5.74, 6) is 0.890. The number of hydrogen-bond acceptors (Lipinski definition) is 1. The summed E-state index contributed by atoms with van der Waals surface area (Å²) in [6.07, 6.45) is 4.93. The lowest BCUT2D eigenvalue weighted by Gasteiger charge is -2.25. The zero-order valence-corrected chi connectivity index (χ0v) is 17.2. The van der Waals surface area contributed by atoms with Crippen molar-refractivity contribution >= 4 is 5.78 Å². The zero-order chi connectivity index (χ0) is 19.3. The average molecular weight is 359 g/mol. The van der Waals surface area contributed by atoms with Crippen molar-refractivity contribution < 1.29 is 4.79 Å². The second-order valence-corrected chi connectivity index (χ2v) is 8.97. The van der Waals surface area contributed by atoms with E-state index in [0.29, 0.717) is 11.7 Å². The van der Waals surface area contributed by atoms with Crippen LogP contribution < -0.4 is 0 Å². The van der Waals surface area contributed by atoms with Gasteiger partial charge in [0.05, 0.1) is 0 Å². The highest BCUT2D eigenvalue weighted by molar-refractivity contribution is 6.01. The van der Waals surface area contributed by atoms with Crippen LogP contribution in [-0.2, 0) is 10.2 Å². The van der Waals surface area contributed by atoms with E-state index in [1.165, 1.54) is 33.4 Å². The maximum absolute atomic E-state index is 12.9. The molecule has 2 aromatic carbocycles. The van der Waals surface area contributed by atoms with Gasteiger partial charge in [0.15, 0.2) is 5.78 Å². The van der Waals surface area contributed by atoms with E-state index in [2.05, 4.69) is 77.1 Å². The molecule has 0 N–H and O–H groups in total. The molecule has 0 radical (unpaired) electrons. The first-order chi connectivity index (χ1) is 12.8. The lowest BCUT2D eigenvalue weighted by atomic mass is 9.78. The van der Waals surface area contributed by atoms with E-state index in [1.807, 2.05) is 0 Å². The first-order valence-corrected chi connectivity index (χ1v) is 10.4. The summed E-state index contributed by atoms with van der Waals surface area (Å²) in [6, 6.07) is 13.8. The normalized spacial score (nSPS) is 20.4. The van der Waals surface area contributed by atoms with E-state index in [4.69, 9.17) is 0 Å². The highest BCUT2D eigenvalue weighted by Gasteiger charge is 2.37. The number of ketones is 1. The molecule has 1 atom stereocenters. The lowest BCUT2D eigenvalue weighted by molar-refractivity contribution is -0.117. The molecule has 0 heterocycles. The molecule has 0 spiro atoms. The predicted octanol–water partition coefficient (Wildman–Crippen LogP) is 6.90. The van der Waals surface area contributed by atoms with Crippen molar-refractivity contribution in [3.8, 4) is 11.1 Å². The Morgan fingerprint density at radius 2 is 1.81 bits per heavy atom.